The van der Waals surface area contributed by atoms with Gasteiger partial charge in [0.25, 0.3) is 10.0 Å². The van der Waals surface area contributed by atoms with E-state index in [4.69, 9.17) is 4.74 Å². The van der Waals surface area contributed by atoms with Crippen molar-refractivity contribution in [2.75, 3.05) is 11.8 Å². The molecule has 21 heavy (non-hydrogen) atoms. The lowest BCUT2D eigenvalue weighted by Crippen LogP contribution is -2.13. The van der Waals surface area contributed by atoms with Crippen molar-refractivity contribution in [2.45, 2.75) is 11.5 Å². The summed E-state index contributed by atoms with van der Waals surface area (Å²) in [5.41, 5.74) is 1.40. The molecule has 0 aliphatic carbocycles. The first-order valence-electron chi connectivity index (χ1n) is 5.98. The summed E-state index contributed by atoms with van der Waals surface area (Å²) in [6, 6.07) is 12.0. The number of hydrogen-bond acceptors (Lipinski definition) is 3. The first-order chi connectivity index (χ1) is 9.92. The minimum Gasteiger partial charge on any atom is -0.380 e. The predicted molar refractivity (Wildman–Crippen MR) is 89.8 cm³/mol. The van der Waals surface area contributed by atoms with Gasteiger partial charge in [0.05, 0.1) is 6.61 Å². The second-order valence-electron chi connectivity index (χ2n) is 4.31. The topological polar surface area (TPSA) is 55.4 Å². The van der Waals surface area contributed by atoms with E-state index in [2.05, 4.69) is 36.6 Å². The van der Waals surface area contributed by atoms with Gasteiger partial charge in [0.15, 0.2) is 0 Å². The van der Waals surface area contributed by atoms with Gasteiger partial charge in [-0.15, -0.1) is 0 Å². The SMILES string of the molecule is COCc1cccc(NS(=O)(=O)c2ccc(Br)cc2Br)c1. The van der Waals surface area contributed by atoms with Gasteiger partial charge in [-0.1, -0.05) is 28.1 Å². The molecule has 112 valence electrons. The van der Waals surface area contributed by atoms with E-state index in [1.807, 2.05) is 6.07 Å². The predicted octanol–water partition coefficient (Wildman–Crippen LogP) is 4.16. The minimum absolute atomic E-state index is 0.183. The Kier molecular flexibility index (Phi) is 5.43. The smallest absolute Gasteiger partial charge is 0.263 e. The summed E-state index contributed by atoms with van der Waals surface area (Å²) in [5.74, 6) is 0. The first-order valence-corrected chi connectivity index (χ1v) is 9.05. The summed E-state index contributed by atoms with van der Waals surface area (Å²) in [4.78, 5) is 0.183. The van der Waals surface area contributed by atoms with Gasteiger partial charge in [0, 0.05) is 21.7 Å². The molecule has 2 rings (SSSR count). The van der Waals surface area contributed by atoms with E-state index in [0.717, 1.165) is 10.0 Å². The summed E-state index contributed by atoms with van der Waals surface area (Å²) in [6.45, 7) is 0.428. The standard InChI is InChI=1S/C14H13Br2NO3S/c1-20-9-10-3-2-4-12(7-10)17-21(18,19)14-6-5-11(15)8-13(14)16/h2-8,17H,9H2,1H3. The van der Waals surface area contributed by atoms with Crippen LogP contribution in [0.5, 0.6) is 0 Å². The Morgan fingerprint density at radius 1 is 1.14 bits per heavy atom. The number of anilines is 1. The van der Waals surface area contributed by atoms with Crippen LogP contribution in [0.3, 0.4) is 0 Å². The number of ether oxygens (including phenoxy) is 1. The summed E-state index contributed by atoms with van der Waals surface area (Å²) < 4.78 is 33.7. The van der Waals surface area contributed by atoms with E-state index in [0.29, 0.717) is 16.8 Å². The van der Waals surface area contributed by atoms with Crippen LogP contribution in [0.15, 0.2) is 56.3 Å². The Hall–Kier alpha value is -0.890. The van der Waals surface area contributed by atoms with Crippen molar-refractivity contribution in [3.05, 3.63) is 57.0 Å². The lowest BCUT2D eigenvalue weighted by molar-refractivity contribution is 0.185. The fraction of sp³-hybridized carbons (Fsp3) is 0.143. The molecule has 0 bridgehead atoms. The van der Waals surface area contributed by atoms with Crippen molar-refractivity contribution in [2.24, 2.45) is 0 Å². The highest BCUT2D eigenvalue weighted by Crippen LogP contribution is 2.27. The second kappa shape index (κ2) is 6.91. The van der Waals surface area contributed by atoms with E-state index in [1.54, 1.807) is 37.4 Å². The van der Waals surface area contributed by atoms with Gasteiger partial charge >= 0.3 is 0 Å². The van der Waals surface area contributed by atoms with Gasteiger partial charge in [-0.2, -0.15) is 0 Å². The molecule has 0 aromatic heterocycles. The molecule has 0 aliphatic heterocycles. The number of benzene rings is 2. The average Bonchev–Trinajstić information content (AvgIpc) is 2.38. The van der Waals surface area contributed by atoms with Gasteiger partial charge in [-0.25, -0.2) is 8.42 Å². The zero-order valence-electron chi connectivity index (χ0n) is 11.1. The van der Waals surface area contributed by atoms with Crippen molar-refractivity contribution in [1.82, 2.24) is 0 Å². The third kappa shape index (κ3) is 4.29. The quantitative estimate of drug-likeness (QED) is 0.768. The van der Waals surface area contributed by atoms with Crippen molar-refractivity contribution < 1.29 is 13.2 Å². The van der Waals surface area contributed by atoms with Gasteiger partial charge in [0.2, 0.25) is 0 Å². The van der Waals surface area contributed by atoms with Crippen molar-refractivity contribution in [3.63, 3.8) is 0 Å². The van der Waals surface area contributed by atoms with Crippen molar-refractivity contribution >= 4 is 47.6 Å². The number of halogens is 2. The highest BCUT2D eigenvalue weighted by Gasteiger charge is 2.18. The molecule has 0 saturated carbocycles. The highest BCUT2D eigenvalue weighted by atomic mass is 79.9. The number of methoxy groups -OCH3 is 1. The van der Waals surface area contributed by atoms with Crippen LogP contribution < -0.4 is 4.72 Å². The summed E-state index contributed by atoms with van der Waals surface area (Å²) in [5, 5.41) is 0. The van der Waals surface area contributed by atoms with Gasteiger partial charge in [-0.3, -0.25) is 4.72 Å². The van der Waals surface area contributed by atoms with Crippen LogP contribution in [0.2, 0.25) is 0 Å². The molecule has 0 spiro atoms. The Balaban J connectivity index is 2.31. The number of hydrogen-bond donors (Lipinski definition) is 1. The largest absolute Gasteiger partial charge is 0.380 e. The lowest BCUT2D eigenvalue weighted by atomic mass is 10.2. The van der Waals surface area contributed by atoms with Crippen molar-refractivity contribution in [3.8, 4) is 0 Å². The van der Waals surface area contributed by atoms with E-state index in [-0.39, 0.29) is 4.90 Å². The molecule has 4 nitrogen and oxygen atoms in total. The molecule has 0 heterocycles. The molecule has 0 atom stereocenters. The van der Waals surface area contributed by atoms with E-state index in [1.165, 1.54) is 6.07 Å². The Morgan fingerprint density at radius 3 is 2.57 bits per heavy atom. The van der Waals surface area contributed by atoms with Crippen LogP contribution in [0, 0.1) is 0 Å². The Labute approximate surface area is 140 Å². The Morgan fingerprint density at radius 2 is 1.90 bits per heavy atom. The molecule has 2 aromatic carbocycles. The maximum atomic E-state index is 12.4. The minimum atomic E-state index is -3.65. The molecule has 7 heteroatoms. The maximum Gasteiger partial charge on any atom is 0.263 e. The normalized spacial score (nSPS) is 11.4. The number of sulfonamides is 1. The summed E-state index contributed by atoms with van der Waals surface area (Å²) >= 11 is 6.56. The van der Waals surface area contributed by atoms with Gasteiger partial charge < -0.3 is 4.74 Å². The molecular weight excluding hydrogens is 422 g/mol. The second-order valence-corrected chi connectivity index (χ2v) is 7.73. The molecule has 0 radical (unpaired) electrons. The fourth-order valence-corrected chi connectivity index (χ4v) is 4.59. The van der Waals surface area contributed by atoms with E-state index >= 15 is 0 Å². The third-order valence-electron chi connectivity index (χ3n) is 2.67. The van der Waals surface area contributed by atoms with Crippen LogP contribution in [0.1, 0.15) is 5.56 Å². The zero-order valence-corrected chi connectivity index (χ0v) is 15.1. The monoisotopic (exact) mass is 433 g/mol. The molecular formula is C14H13Br2NO3S. The lowest BCUT2D eigenvalue weighted by Gasteiger charge is -2.11. The Bertz CT molecular complexity index is 748. The van der Waals surface area contributed by atoms with Gasteiger partial charge in [-0.05, 0) is 51.8 Å². The molecule has 1 N–H and O–H groups in total. The third-order valence-corrected chi connectivity index (χ3v) is 5.52. The van der Waals surface area contributed by atoms with Crippen LogP contribution in [-0.2, 0) is 21.4 Å². The summed E-state index contributed by atoms with van der Waals surface area (Å²) in [6.07, 6.45) is 0. The molecule has 0 unspecified atom stereocenters. The van der Waals surface area contributed by atoms with Crippen molar-refractivity contribution in [1.29, 1.82) is 0 Å². The van der Waals surface area contributed by atoms with Gasteiger partial charge in [0.1, 0.15) is 4.90 Å². The zero-order chi connectivity index (χ0) is 15.5. The maximum absolute atomic E-state index is 12.4. The van der Waals surface area contributed by atoms with Crippen LogP contribution in [-0.4, -0.2) is 15.5 Å². The molecule has 0 amide bonds. The molecule has 0 fully saturated rings. The molecule has 2 aromatic rings. The average molecular weight is 435 g/mol. The highest BCUT2D eigenvalue weighted by molar-refractivity contribution is 9.11. The van der Waals surface area contributed by atoms with E-state index < -0.39 is 10.0 Å². The molecule has 0 saturated heterocycles. The first kappa shape index (κ1) is 16.5. The summed E-state index contributed by atoms with van der Waals surface area (Å²) in [7, 11) is -2.06. The van der Waals surface area contributed by atoms with Crippen LogP contribution in [0.25, 0.3) is 0 Å². The van der Waals surface area contributed by atoms with Crippen LogP contribution in [0.4, 0.5) is 5.69 Å². The fourth-order valence-electron chi connectivity index (χ4n) is 1.79. The van der Waals surface area contributed by atoms with E-state index in [9.17, 15) is 8.42 Å². The number of nitrogens with one attached hydrogen (secondary N) is 1. The molecule has 0 aliphatic rings. The van der Waals surface area contributed by atoms with Crippen LogP contribution >= 0.6 is 31.9 Å². The number of rotatable bonds is 5.